The summed E-state index contributed by atoms with van der Waals surface area (Å²) in [5, 5.41) is 6.38. The number of alkyl halides is 2. The van der Waals surface area contributed by atoms with Gasteiger partial charge >= 0.3 is 0 Å². The van der Waals surface area contributed by atoms with Crippen molar-refractivity contribution >= 4 is 17.7 Å². The molecule has 0 spiro atoms. The normalized spacial score (nSPS) is 10.9. The van der Waals surface area contributed by atoms with Crippen molar-refractivity contribution in [3.05, 3.63) is 71.7 Å². The van der Waals surface area contributed by atoms with Crippen LogP contribution in [0.2, 0.25) is 0 Å². The molecule has 0 radical (unpaired) electrons. The van der Waals surface area contributed by atoms with Crippen LogP contribution in [0.5, 0.6) is 0 Å². The van der Waals surface area contributed by atoms with Crippen LogP contribution < -0.4 is 5.32 Å². The van der Waals surface area contributed by atoms with Gasteiger partial charge in [0.15, 0.2) is 5.76 Å². The minimum atomic E-state index is -2.62. The summed E-state index contributed by atoms with van der Waals surface area (Å²) in [5.74, 6) is -3.34. The molecule has 134 valence electrons. The number of nitrogens with one attached hydrogen (secondary N) is 1. The van der Waals surface area contributed by atoms with Gasteiger partial charge in [0.1, 0.15) is 11.5 Å². The van der Waals surface area contributed by atoms with E-state index in [4.69, 9.17) is 4.52 Å². The van der Waals surface area contributed by atoms with Crippen molar-refractivity contribution in [2.45, 2.75) is 17.2 Å². The number of hydrogen-bond acceptors (Lipinski definition) is 4. The number of carbonyl (C=O) groups is 1. The second-order valence-electron chi connectivity index (χ2n) is 5.22. The fourth-order valence-corrected chi connectivity index (χ4v) is 2.94. The maximum Gasteiger partial charge on any atom is 0.288 e. The zero-order chi connectivity index (χ0) is 18.5. The monoisotopic (exact) mass is 378 g/mol. The van der Waals surface area contributed by atoms with Crippen LogP contribution >= 0.6 is 11.8 Å². The summed E-state index contributed by atoms with van der Waals surface area (Å²) in [4.78, 5) is 12.5. The van der Waals surface area contributed by atoms with Crippen LogP contribution in [0.3, 0.4) is 0 Å². The Balaban J connectivity index is 1.69. The van der Waals surface area contributed by atoms with Gasteiger partial charge in [-0.2, -0.15) is 8.78 Å². The third kappa shape index (κ3) is 4.26. The SMILES string of the molecule is O=C(NCc1cc(-c2ccccc2F)on1)c1ccccc1SC(F)F. The molecule has 1 aromatic heterocycles. The lowest BCUT2D eigenvalue weighted by Crippen LogP contribution is -2.23. The van der Waals surface area contributed by atoms with Crippen LogP contribution in [-0.2, 0) is 6.54 Å². The molecular formula is C18H13F3N2O2S. The minimum absolute atomic E-state index is 0.0183. The largest absolute Gasteiger partial charge is 0.356 e. The molecule has 2 aromatic carbocycles. The Morgan fingerprint density at radius 1 is 1.15 bits per heavy atom. The number of hydrogen-bond donors (Lipinski definition) is 1. The predicted octanol–water partition coefficient (Wildman–Crippen LogP) is 4.73. The molecule has 0 unspecified atom stereocenters. The van der Waals surface area contributed by atoms with Crippen molar-refractivity contribution in [3.8, 4) is 11.3 Å². The molecule has 1 heterocycles. The van der Waals surface area contributed by atoms with Crippen LogP contribution in [0.15, 0.2) is 64.0 Å². The van der Waals surface area contributed by atoms with Crippen LogP contribution in [-0.4, -0.2) is 16.8 Å². The van der Waals surface area contributed by atoms with Crippen LogP contribution in [0, 0.1) is 5.82 Å². The molecule has 26 heavy (non-hydrogen) atoms. The summed E-state index contributed by atoms with van der Waals surface area (Å²) in [6.07, 6.45) is 0. The van der Waals surface area contributed by atoms with Crippen molar-refractivity contribution in [2.24, 2.45) is 0 Å². The Morgan fingerprint density at radius 2 is 1.88 bits per heavy atom. The van der Waals surface area contributed by atoms with E-state index in [0.29, 0.717) is 17.5 Å². The molecule has 0 bridgehead atoms. The highest BCUT2D eigenvalue weighted by molar-refractivity contribution is 7.99. The highest BCUT2D eigenvalue weighted by Gasteiger charge is 2.16. The molecule has 0 aliphatic rings. The number of thioether (sulfide) groups is 1. The molecule has 4 nitrogen and oxygen atoms in total. The van der Waals surface area contributed by atoms with Gasteiger partial charge in [-0.15, -0.1) is 0 Å². The number of aromatic nitrogens is 1. The highest BCUT2D eigenvalue weighted by atomic mass is 32.2. The van der Waals surface area contributed by atoms with E-state index in [2.05, 4.69) is 10.5 Å². The van der Waals surface area contributed by atoms with Gasteiger partial charge < -0.3 is 9.84 Å². The van der Waals surface area contributed by atoms with Gasteiger partial charge in [0.25, 0.3) is 11.7 Å². The maximum absolute atomic E-state index is 13.7. The summed E-state index contributed by atoms with van der Waals surface area (Å²) in [5.41, 5.74) is 0.794. The third-order valence-electron chi connectivity index (χ3n) is 3.48. The Kier molecular flexibility index (Phi) is 5.62. The molecule has 0 saturated heterocycles. The van der Waals surface area contributed by atoms with E-state index in [1.165, 1.54) is 24.3 Å². The molecule has 0 atom stereocenters. The van der Waals surface area contributed by atoms with Gasteiger partial charge in [0.2, 0.25) is 0 Å². The second kappa shape index (κ2) is 8.09. The first-order chi connectivity index (χ1) is 12.5. The lowest BCUT2D eigenvalue weighted by atomic mass is 10.1. The molecule has 1 N–H and O–H groups in total. The maximum atomic E-state index is 13.7. The fourth-order valence-electron chi connectivity index (χ4n) is 2.30. The number of nitrogens with zero attached hydrogens (tertiary/aromatic N) is 1. The number of rotatable bonds is 6. The van der Waals surface area contributed by atoms with Crippen molar-refractivity contribution in [3.63, 3.8) is 0 Å². The summed E-state index contributed by atoms with van der Waals surface area (Å²) >= 11 is 0.308. The topological polar surface area (TPSA) is 55.1 Å². The molecule has 0 aliphatic carbocycles. The zero-order valence-electron chi connectivity index (χ0n) is 13.3. The Hall–Kier alpha value is -2.74. The Labute approximate surface area is 151 Å². The van der Waals surface area contributed by atoms with E-state index >= 15 is 0 Å². The Morgan fingerprint density at radius 3 is 2.65 bits per heavy atom. The third-order valence-corrected chi connectivity index (χ3v) is 4.26. The summed E-state index contributed by atoms with van der Waals surface area (Å²) in [6, 6.07) is 13.7. The van der Waals surface area contributed by atoms with E-state index in [9.17, 15) is 18.0 Å². The first-order valence-electron chi connectivity index (χ1n) is 7.57. The molecular weight excluding hydrogens is 365 g/mol. The first kappa shape index (κ1) is 18.1. The standard InChI is InChI=1S/C18H13F3N2O2S/c19-14-7-3-1-5-12(14)15-9-11(23-25-15)10-22-17(24)13-6-2-4-8-16(13)26-18(20)21/h1-9,18H,10H2,(H,22,24). The van der Waals surface area contributed by atoms with Crippen molar-refractivity contribution in [1.82, 2.24) is 10.5 Å². The zero-order valence-corrected chi connectivity index (χ0v) is 14.1. The van der Waals surface area contributed by atoms with Gasteiger partial charge in [0.05, 0.1) is 17.7 Å². The number of carbonyl (C=O) groups excluding carboxylic acids is 1. The molecule has 8 heteroatoms. The molecule has 1 amide bonds. The van der Waals surface area contributed by atoms with Gasteiger partial charge in [-0.05, 0) is 24.3 Å². The first-order valence-corrected chi connectivity index (χ1v) is 8.45. The van der Waals surface area contributed by atoms with Gasteiger partial charge in [-0.25, -0.2) is 4.39 Å². The number of amides is 1. The molecule has 0 aliphatic heterocycles. The van der Waals surface area contributed by atoms with Crippen LogP contribution in [0.4, 0.5) is 13.2 Å². The van der Waals surface area contributed by atoms with E-state index < -0.39 is 17.5 Å². The van der Waals surface area contributed by atoms with Crippen molar-refractivity contribution in [2.75, 3.05) is 0 Å². The average molecular weight is 378 g/mol. The molecule has 3 rings (SSSR count). The number of halogens is 3. The van der Waals surface area contributed by atoms with E-state index in [1.54, 1.807) is 30.3 Å². The smallest absolute Gasteiger partial charge is 0.288 e. The van der Waals surface area contributed by atoms with E-state index in [1.807, 2.05) is 0 Å². The van der Waals surface area contributed by atoms with Gasteiger partial charge in [0, 0.05) is 11.0 Å². The van der Waals surface area contributed by atoms with E-state index in [0.717, 1.165) is 0 Å². The van der Waals surface area contributed by atoms with Crippen LogP contribution in [0.25, 0.3) is 11.3 Å². The predicted molar refractivity (Wildman–Crippen MR) is 91.4 cm³/mol. The second-order valence-corrected chi connectivity index (χ2v) is 6.25. The van der Waals surface area contributed by atoms with Gasteiger partial charge in [-0.3, -0.25) is 4.79 Å². The summed E-state index contributed by atoms with van der Waals surface area (Å²) in [7, 11) is 0. The molecule has 3 aromatic rings. The average Bonchev–Trinajstić information content (AvgIpc) is 3.09. The van der Waals surface area contributed by atoms with Crippen molar-refractivity contribution in [1.29, 1.82) is 0 Å². The summed E-state index contributed by atoms with van der Waals surface area (Å²) in [6.45, 7) is 0.0183. The van der Waals surface area contributed by atoms with Crippen LogP contribution in [0.1, 0.15) is 16.1 Å². The molecule has 0 fully saturated rings. The quantitative estimate of drug-likeness (QED) is 0.631. The lowest BCUT2D eigenvalue weighted by molar-refractivity contribution is 0.0947. The lowest BCUT2D eigenvalue weighted by Gasteiger charge is -2.08. The molecule has 0 saturated carbocycles. The Bertz CT molecular complexity index is 915. The highest BCUT2D eigenvalue weighted by Crippen LogP contribution is 2.28. The summed E-state index contributed by atoms with van der Waals surface area (Å²) < 4.78 is 44.0. The van der Waals surface area contributed by atoms with E-state index in [-0.39, 0.29) is 28.3 Å². The van der Waals surface area contributed by atoms with Crippen molar-refractivity contribution < 1.29 is 22.5 Å². The fraction of sp³-hybridized carbons (Fsp3) is 0.111. The number of benzene rings is 2. The van der Waals surface area contributed by atoms with Gasteiger partial charge in [-0.1, -0.05) is 41.2 Å². The minimum Gasteiger partial charge on any atom is -0.356 e.